The van der Waals surface area contributed by atoms with Gasteiger partial charge in [-0.15, -0.1) is 0 Å². The topological polar surface area (TPSA) is 66.6 Å². The van der Waals surface area contributed by atoms with Crippen LogP contribution in [0, 0.1) is 0 Å². The third kappa shape index (κ3) is 3.66. The van der Waals surface area contributed by atoms with Crippen LogP contribution in [0.5, 0.6) is 0 Å². The first kappa shape index (κ1) is 15.9. The lowest BCUT2D eigenvalue weighted by Crippen LogP contribution is -2.53. The Bertz CT molecular complexity index is 326. The standard InChI is InChI=1S/C12H27N3O2S/c1-3-8-14(9-4-2)18(16,17)15-10-6-5-7-12(15)11-13/h12H,3-11,13H2,1-2H3. The smallest absolute Gasteiger partial charge is 0.282 e. The fraction of sp³-hybridized carbons (Fsp3) is 1.00. The minimum absolute atomic E-state index is 0.0139. The van der Waals surface area contributed by atoms with Crippen molar-refractivity contribution in [2.75, 3.05) is 26.2 Å². The second-order valence-electron chi connectivity index (χ2n) is 4.90. The van der Waals surface area contributed by atoms with E-state index < -0.39 is 10.2 Å². The summed E-state index contributed by atoms with van der Waals surface area (Å²) < 4.78 is 28.5. The summed E-state index contributed by atoms with van der Waals surface area (Å²) in [7, 11) is -3.32. The van der Waals surface area contributed by atoms with Crippen LogP contribution in [-0.4, -0.2) is 49.2 Å². The molecule has 0 aromatic heterocycles. The second kappa shape index (κ2) is 7.43. The maximum absolute atomic E-state index is 12.6. The molecule has 2 N–H and O–H groups in total. The molecule has 0 aromatic carbocycles. The molecule has 0 aromatic rings. The number of hydrogen-bond acceptors (Lipinski definition) is 3. The van der Waals surface area contributed by atoms with Crippen LogP contribution in [0.4, 0.5) is 0 Å². The van der Waals surface area contributed by atoms with Gasteiger partial charge in [-0.05, 0) is 25.7 Å². The number of piperidine rings is 1. The van der Waals surface area contributed by atoms with Gasteiger partial charge in [0.1, 0.15) is 0 Å². The molecule has 0 bridgehead atoms. The molecule has 1 atom stereocenters. The fourth-order valence-electron chi connectivity index (χ4n) is 2.50. The second-order valence-corrected chi connectivity index (χ2v) is 6.78. The van der Waals surface area contributed by atoms with E-state index in [9.17, 15) is 8.42 Å². The molecule has 5 nitrogen and oxygen atoms in total. The number of nitrogens with zero attached hydrogens (tertiary/aromatic N) is 2. The molecule has 0 spiro atoms. The Balaban J connectivity index is 2.86. The Hall–Kier alpha value is -0.170. The quantitative estimate of drug-likeness (QED) is 0.759. The maximum Gasteiger partial charge on any atom is 0.282 e. The minimum atomic E-state index is -3.32. The molecule has 1 aliphatic rings. The molecule has 1 aliphatic heterocycles. The van der Waals surface area contributed by atoms with Gasteiger partial charge < -0.3 is 5.73 Å². The van der Waals surface area contributed by atoms with Gasteiger partial charge >= 0.3 is 0 Å². The maximum atomic E-state index is 12.6. The zero-order chi connectivity index (χ0) is 13.6. The van der Waals surface area contributed by atoms with Crippen molar-refractivity contribution in [1.29, 1.82) is 0 Å². The van der Waals surface area contributed by atoms with Crippen LogP contribution in [0.1, 0.15) is 46.0 Å². The van der Waals surface area contributed by atoms with Gasteiger partial charge in [-0.2, -0.15) is 17.0 Å². The Morgan fingerprint density at radius 3 is 2.33 bits per heavy atom. The molecule has 108 valence electrons. The number of nitrogens with two attached hydrogens (primary N) is 1. The van der Waals surface area contributed by atoms with E-state index in [1.165, 1.54) is 0 Å². The van der Waals surface area contributed by atoms with Crippen LogP contribution in [0.2, 0.25) is 0 Å². The summed E-state index contributed by atoms with van der Waals surface area (Å²) in [5.41, 5.74) is 5.71. The SMILES string of the molecule is CCCN(CCC)S(=O)(=O)N1CCCCC1CN. The van der Waals surface area contributed by atoms with E-state index in [-0.39, 0.29) is 6.04 Å². The van der Waals surface area contributed by atoms with Crippen LogP contribution in [-0.2, 0) is 10.2 Å². The van der Waals surface area contributed by atoms with Crippen molar-refractivity contribution in [3.05, 3.63) is 0 Å². The Kier molecular flexibility index (Phi) is 6.55. The molecule has 6 heteroatoms. The third-order valence-corrected chi connectivity index (χ3v) is 5.50. The van der Waals surface area contributed by atoms with Gasteiger partial charge in [0, 0.05) is 32.2 Å². The first-order chi connectivity index (χ1) is 8.57. The normalized spacial score (nSPS) is 22.6. The van der Waals surface area contributed by atoms with Crippen molar-refractivity contribution in [3.63, 3.8) is 0 Å². The lowest BCUT2D eigenvalue weighted by molar-refractivity contribution is 0.235. The lowest BCUT2D eigenvalue weighted by atomic mass is 10.1. The van der Waals surface area contributed by atoms with Crippen molar-refractivity contribution in [2.24, 2.45) is 5.73 Å². The number of hydrogen-bond donors (Lipinski definition) is 1. The predicted octanol–water partition coefficient (Wildman–Crippen LogP) is 1.17. The van der Waals surface area contributed by atoms with E-state index in [2.05, 4.69) is 0 Å². The van der Waals surface area contributed by atoms with Gasteiger partial charge in [0.25, 0.3) is 10.2 Å². The van der Waals surface area contributed by atoms with Gasteiger partial charge in [-0.1, -0.05) is 20.3 Å². The van der Waals surface area contributed by atoms with Crippen molar-refractivity contribution in [3.8, 4) is 0 Å². The summed E-state index contributed by atoms with van der Waals surface area (Å²) in [6.45, 7) is 6.26. The van der Waals surface area contributed by atoms with E-state index in [0.29, 0.717) is 26.2 Å². The summed E-state index contributed by atoms with van der Waals surface area (Å²) in [4.78, 5) is 0. The molecule has 1 heterocycles. The molecule has 0 radical (unpaired) electrons. The Morgan fingerprint density at radius 2 is 1.83 bits per heavy atom. The molecule has 18 heavy (non-hydrogen) atoms. The van der Waals surface area contributed by atoms with Crippen LogP contribution >= 0.6 is 0 Å². The van der Waals surface area contributed by atoms with E-state index in [0.717, 1.165) is 32.1 Å². The van der Waals surface area contributed by atoms with E-state index in [1.54, 1.807) is 8.61 Å². The van der Waals surface area contributed by atoms with E-state index >= 15 is 0 Å². The van der Waals surface area contributed by atoms with E-state index in [4.69, 9.17) is 5.73 Å². The Labute approximate surface area is 112 Å². The molecule has 1 saturated heterocycles. The summed E-state index contributed by atoms with van der Waals surface area (Å²) in [5, 5.41) is 0. The summed E-state index contributed by atoms with van der Waals surface area (Å²) in [5.74, 6) is 0. The van der Waals surface area contributed by atoms with Crippen LogP contribution in [0.3, 0.4) is 0 Å². The van der Waals surface area contributed by atoms with Gasteiger partial charge in [0.2, 0.25) is 0 Å². The van der Waals surface area contributed by atoms with Gasteiger partial charge in [-0.3, -0.25) is 0 Å². The highest BCUT2D eigenvalue weighted by Crippen LogP contribution is 2.22. The monoisotopic (exact) mass is 277 g/mol. The molecule has 1 unspecified atom stereocenters. The van der Waals surface area contributed by atoms with Crippen molar-refractivity contribution < 1.29 is 8.42 Å². The van der Waals surface area contributed by atoms with Crippen molar-refractivity contribution in [2.45, 2.75) is 52.0 Å². The molecule has 0 amide bonds. The average molecular weight is 277 g/mol. The molecule has 0 aliphatic carbocycles. The zero-order valence-corrected chi connectivity index (χ0v) is 12.5. The first-order valence-electron chi connectivity index (χ1n) is 7.04. The van der Waals surface area contributed by atoms with Gasteiger partial charge in [0.05, 0.1) is 0 Å². The summed E-state index contributed by atoms with van der Waals surface area (Å²) >= 11 is 0. The fourth-order valence-corrected chi connectivity index (χ4v) is 4.55. The largest absolute Gasteiger partial charge is 0.329 e. The van der Waals surface area contributed by atoms with Gasteiger partial charge in [0.15, 0.2) is 0 Å². The molecule has 1 fully saturated rings. The Morgan fingerprint density at radius 1 is 1.22 bits per heavy atom. The van der Waals surface area contributed by atoms with E-state index in [1.807, 2.05) is 13.8 Å². The van der Waals surface area contributed by atoms with Crippen LogP contribution in [0.25, 0.3) is 0 Å². The van der Waals surface area contributed by atoms with Crippen molar-refractivity contribution in [1.82, 2.24) is 8.61 Å². The molecular weight excluding hydrogens is 250 g/mol. The first-order valence-corrected chi connectivity index (χ1v) is 8.44. The summed E-state index contributed by atoms with van der Waals surface area (Å²) in [6, 6.07) is -0.0139. The molecule has 0 saturated carbocycles. The summed E-state index contributed by atoms with van der Waals surface area (Å²) in [6.07, 6.45) is 4.61. The third-order valence-electron chi connectivity index (χ3n) is 3.41. The highest BCUT2D eigenvalue weighted by atomic mass is 32.2. The minimum Gasteiger partial charge on any atom is -0.329 e. The predicted molar refractivity (Wildman–Crippen MR) is 74.5 cm³/mol. The average Bonchev–Trinajstić information content (AvgIpc) is 2.38. The lowest BCUT2D eigenvalue weighted by Gasteiger charge is -2.37. The highest BCUT2D eigenvalue weighted by Gasteiger charge is 2.35. The zero-order valence-electron chi connectivity index (χ0n) is 11.6. The molecule has 1 rings (SSSR count). The van der Waals surface area contributed by atoms with Crippen molar-refractivity contribution >= 4 is 10.2 Å². The van der Waals surface area contributed by atoms with Crippen LogP contribution < -0.4 is 5.73 Å². The van der Waals surface area contributed by atoms with Crippen LogP contribution in [0.15, 0.2) is 0 Å². The van der Waals surface area contributed by atoms with Gasteiger partial charge in [-0.25, -0.2) is 0 Å². The highest BCUT2D eigenvalue weighted by molar-refractivity contribution is 7.86. The molecular formula is C12H27N3O2S. The number of rotatable bonds is 7.